The van der Waals surface area contributed by atoms with Gasteiger partial charge in [0.1, 0.15) is 5.60 Å². The minimum absolute atomic E-state index is 0.376. The van der Waals surface area contributed by atoms with Crippen LogP contribution in [0, 0.1) is 0 Å². The first kappa shape index (κ1) is 13.5. The monoisotopic (exact) mass is 250 g/mol. The number of nitrogens with zero attached hydrogens (tertiary/aromatic N) is 2. The number of pyridine rings is 1. The summed E-state index contributed by atoms with van der Waals surface area (Å²) < 4.78 is 5.34. The van der Waals surface area contributed by atoms with Crippen molar-refractivity contribution in [1.82, 2.24) is 9.88 Å². The van der Waals surface area contributed by atoms with Crippen molar-refractivity contribution < 1.29 is 9.84 Å². The Balaban J connectivity index is 2.38. The summed E-state index contributed by atoms with van der Waals surface area (Å²) in [6.45, 7) is 3.83. The second-order valence-electron chi connectivity index (χ2n) is 5.22. The molecule has 1 atom stereocenters. The highest BCUT2D eigenvalue weighted by Gasteiger charge is 2.36. The number of ether oxygens (including phenoxy) is 1. The summed E-state index contributed by atoms with van der Waals surface area (Å²) >= 11 is 0. The van der Waals surface area contributed by atoms with Crippen molar-refractivity contribution in [2.24, 2.45) is 0 Å². The normalized spacial score (nSPS) is 23.8. The fourth-order valence-electron chi connectivity index (χ4n) is 2.35. The van der Waals surface area contributed by atoms with Gasteiger partial charge in [0.2, 0.25) is 0 Å². The van der Waals surface area contributed by atoms with E-state index in [9.17, 15) is 5.11 Å². The van der Waals surface area contributed by atoms with Gasteiger partial charge in [0, 0.05) is 30.8 Å². The fraction of sp³-hybridized carbons (Fsp3) is 0.643. The lowest BCUT2D eigenvalue weighted by molar-refractivity contribution is 0.0216. The van der Waals surface area contributed by atoms with Crippen molar-refractivity contribution in [1.29, 1.82) is 0 Å². The van der Waals surface area contributed by atoms with Crippen LogP contribution in [0.4, 0.5) is 0 Å². The minimum Gasteiger partial charge on any atom is -0.383 e. The molecule has 1 aliphatic heterocycles. The van der Waals surface area contributed by atoms with Crippen LogP contribution in [0.2, 0.25) is 0 Å². The molecule has 0 amide bonds. The molecular weight excluding hydrogens is 228 g/mol. The highest BCUT2D eigenvalue weighted by atomic mass is 16.5. The van der Waals surface area contributed by atoms with E-state index in [4.69, 9.17) is 4.74 Å². The lowest BCUT2D eigenvalue weighted by atomic mass is 9.91. The molecule has 1 aromatic rings. The predicted octanol–water partition coefficient (Wildman–Crippen LogP) is 1.31. The van der Waals surface area contributed by atoms with E-state index in [1.54, 1.807) is 0 Å². The van der Waals surface area contributed by atoms with E-state index < -0.39 is 5.60 Å². The van der Waals surface area contributed by atoms with Gasteiger partial charge < -0.3 is 14.7 Å². The average molecular weight is 250 g/mol. The van der Waals surface area contributed by atoms with Crippen LogP contribution in [0.1, 0.15) is 30.3 Å². The molecule has 1 aliphatic rings. The van der Waals surface area contributed by atoms with Crippen LogP contribution in [-0.4, -0.2) is 42.3 Å². The SMILES string of the molecule is CCc1ccc([C@@]2(O)CCOC2)c(CN(C)C)n1. The molecule has 18 heavy (non-hydrogen) atoms. The maximum atomic E-state index is 10.6. The van der Waals surface area contributed by atoms with Crippen LogP contribution >= 0.6 is 0 Å². The molecule has 0 unspecified atom stereocenters. The Morgan fingerprint density at radius 1 is 1.44 bits per heavy atom. The van der Waals surface area contributed by atoms with E-state index >= 15 is 0 Å². The number of aliphatic hydroxyl groups is 1. The molecule has 0 bridgehead atoms. The molecule has 2 heterocycles. The van der Waals surface area contributed by atoms with Crippen LogP contribution in [0.15, 0.2) is 12.1 Å². The number of hydrogen-bond acceptors (Lipinski definition) is 4. The Morgan fingerprint density at radius 2 is 2.22 bits per heavy atom. The molecule has 1 aromatic heterocycles. The highest BCUT2D eigenvalue weighted by molar-refractivity contribution is 5.30. The van der Waals surface area contributed by atoms with E-state index in [2.05, 4.69) is 16.8 Å². The maximum absolute atomic E-state index is 10.6. The Hall–Kier alpha value is -0.970. The summed E-state index contributed by atoms with van der Waals surface area (Å²) in [7, 11) is 4.03. The summed E-state index contributed by atoms with van der Waals surface area (Å²) in [5, 5.41) is 10.6. The third-order valence-corrected chi connectivity index (χ3v) is 3.36. The lowest BCUT2D eigenvalue weighted by Crippen LogP contribution is -2.29. The molecule has 0 aliphatic carbocycles. The fourth-order valence-corrected chi connectivity index (χ4v) is 2.35. The molecule has 0 spiro atoms. The summed E-state index contributed by atoms with van der Waals surface area (Å²) in [4.78, 5) is 6.74. The summed E-state index contributed by atoms with van der Waals surface area (Å²) in [5.74, 6) is 0. The van der Waals surface area contributed by atoms with Crippen molar-refractivity contribution in [3.05, 3.63) is 29.1 Å². The number of hydrogen-bond donors (Lipinski definition) is 1. The van der Waals surface area contributed by atoms with Crippen LogP contribution in [-0.2, 0) is 23.3 Å². The van der Waals surface area contributed by atoms with Crippen molar-refractivity contribution in [3.63, 3.8) is 0 Å². The second kappa shape index (κ2) is 5.34. The van der Waals surface area contributed by atoms with Crippen molar-refractivity contribution in [2.75, 3.05) is 27.3 Å². The van der Waals surface area contributed by atoms with E-state index in [1.165, 1.54) is 0 Å². The first-order valence-electron chi connectivity index (χ1n) is 6.49. The van der Waals surface area contributed by atoms with E-state index in [1.807, 2.05) is 26.2 Å². The van der Waals surface area contributed by atoms with Crippen LogP contribution in [0.5, 0.6) is 0 Å². The Kier molecular flexibility index (Phi) is 4.00. The molecular formula is C14H22N2O2. The minimum atomic E-state index is -0.857. The van der Waals surface area contributed by atoms with Gasteiger partial charge in [-0.15, -0.1) is 0 Å². The quantitative estimate of drug-likeness (QED) is 0.875. The smallest absolute Gasteiger partial charge is 0.117 e. The molecule has 0 aromatic carbocycles. The van der Waals surface area contributed by atoms with Crippen molar-refractivity contribution >= 4 is 0 Å². The van der Waals surface area contributed by atoms with Gasteiger partial charge in [-0.1, -0.05) is 13.0 Å². The van der Waals surface area contributed by atoms with Gasteiger partial charge in [0.15, 0.2) is 0 Å². The standard InChI is InChI=1S/C14H22N2O2/c1-4-11-5-6-12(13(15-11)9-16(2)3)14(17)7-8-18-10-14/h5-6,17H,4,7-10H2,1-3H3/t14-/m1/s1. The van der Waals surface area contributed by atoms with Crippen LogP contribution in [0.3, 0.4) is 0 Å². The van der Waals surface area contributed by atoms with Gasteiger partial charge in [0.25, 0.3) is 0 Å². The molecule has 1 N–H and O–H groups in total. The third kappa shape index (κ3) is 2.71. The Labute approximate surface area is 109 Å². The molecule has 1 saturated heterocycles. The molecule has 0 saturated carbocycles. The summed E-state index contributed by atoms with van der Waals surface area (Å²) in [6.07, 6.45) is 1.57. The zero-order valence-corrected chi connectivity index (χ0v) is 11.4. The van der Waals surface area contributed by atoms with Gasteiger partial charge in [0.05, 0.1) is 12.3 Å². The zero-order chi connectivity index (χ0) is 13.2. The van der Waals surface area contributed by atoms with Gasteiger partial charge in [-0.3, -0.25) is 4.98 Å². The van der Waals surface area contributed by atoms with E-state index in [-0.39, 0.29) is 0 Å². The van der Waals surface area contributed by atoms with E-state index in [0.29, 0.717) is 19.6 Å². The maximum Gasteiger partial charge on any atom is 0.117 e. The largest absolute Gasteiger partial charge is 0.383 e. The summed E-state index contributed by atoms with van der Waals surface area (Å²) in [5.41, 5.74) is 2.10. The molecule has 100 valence electrons. The second-order valence-corrected chi connectivity index (χ2v) is 5.22. The van der Waals surface area contributed by atoms with Crippen molar-refractivity contribution in [3.8, 4) is 0 Å². The van der Waals surface area contributed by atoms with Gasteiger partial charge >= 0.3 is 0 Å². The highest BCUT2D eigenvalue weighted by Crippen LogP contribution is 2.32. The zero-order valence-electron chi connectivity index (χ0n) is 11.4. The number of aryl methyl sites for hydroxylation is 1. The molecule has 2 rings (SSSR count). The summed E-state index contributed by atoms with van der Waals surface area (Å²) in [6, 6.07) is 4.02. The molecule has 4 nitrogen and oxygen atoms in total. The Bertz CT molecular complexity index is 412. The van der Waals surface area contributed by atoms with Crippen LogP contribution in [0.25, 0.3) is 0 Å². The first-order valence-corrected chi connectivity index (χ1v) is 6.49. The number of aromatic nitrogens is 1. The molecule has 0 radical (unpaired) electrons. The third-order valence-electron chi connectivity index (χ3n) is 3.36. The topological polar surface area (TPSA) is 45.6 Å². The Morgan fingerprint density at radius 3 is 2.78 bits per heavy atom. The van der Waals surface area contributed by atoms with E-state index in [0.717, 1.165) is 29.9 Å². The number of rotatable bonds is 4. The van der Waals surface area contributed by atoms with Crippen LogP contribution < -0.4 is 0 Å². The van der Waals surface area contributed by atoms with Gasteiger partial charge in [-0.2, -0.15) is 0 Å². The first-order chi connectivity index (χ1) is 8.55. The van der Waals surface area contributed by atoms with Gasteiger partial charge in [-0.25, -0.2) is 0 Å². The van der Waals surface area contributed by atoms with Crippen molar-refractivity contribution in [2.45, 2.75) is 31.9 Å². The predicted molar refractivity (Wildman–Crippen MR) is 70.3 cm³/mol. The molecule has 4 heteroatoms. The molecule has 1 fully saturated rings. The average Bonchev–Trinajstić information content (AvgIpc) is 2.76. The van der Waals surface area contributed by atoms with Gasteiger partial charge in [-0.05, 0) is 26.6 Å². The lowest BCUT2D eigenvalue weighted by Gasteiger charge is -2.25.